The summed E-state index contributed by atoms with van der Waals surface area (Å²) in [5.41, 5.74) is 0. The Bertz CT molecular complexity index is 172. The Balaban J connectivity index is 2.40. The summed E-state index contributed by atoms with van der Waals surface area (Å²) in [6.45, 7) is 0. The zero-order valence-electron chi connectivity index (χ0n) is 8.21. The van der Waals surface area contributed by atoms with Crippen LogP contribution in [0, 0.1) is 0 Å². The lowest BCUT2D eigenvalue weighted by Crippen LogP contribution is -2.45. The van der Waals surface area contributed by atoms with E-state index in [9.17, 15) is 4.79 Å². The summed E-state index contributed by atoms with van der Waals surface area (Å²) in [6, 6.07) is 0.117. The van der Waals surface area contributed by atoms with Crippen molar-refractivity contribution in [3.8, 4) is 0 Å². The van der Waals surface area contributed by atoms with Crippen LogP contribution in [0.5, 0.6) is 0 Å². The molecular weight excluding hydrogens is 170 g/mol. The van der Waals surface area contributed by atoms with Crippen molar-refractivity contribution < 1.29 is 14.3 Å². The maximum Gasteiger partial charge on any atom is 0.407 e. The molecule has 1 saturated carbocycles. The van der Waals surface area contributed by atoms with Gasteiger partial charge in [-0.3, -0.25) is 0 Å². The number of alkyl carbamates (subject to hydrolysis) is 1. The van der Waals surface area contributed by atoms with E-state index < -0.39 is 0 Å². The van der Waals surface area contributed by atoms with E-state index in [2.05, 4.69) is 10.1 Å². The summed E-state index contributed by atoms with van der Waals surface area (Å²) in [5.74, 6) is 0. The second-order valence-electron chi connectivity index (χ2n) is 3.30. The van der Waals surface area contributed by atoms with Crippen molar-refractivity contribution in [2.75, 3.05) is 14.2 Å². The quantitative estimate of drug-likeness (QED) is 0.708. The van der Waals surface area contributed by atoms with Crippen molar-refractivity contribution in [3.05, 3.63) is 0 Å². The molecule has 0 aromatic heterocycles. The molecule has 0 unspecified atom stereocenters. The SMILES string of the molecule is COC(=O)N[C@H]1CCCC[C@@H]1OC. The lowest BCUT2D eigenvalue weighted by Gasteiger charge is -2.30. The van der Waals surface area contributed by atoms with Gasteiger partial charge in [0, 0.05) is 7.11 Å². The largest absolute Gasteiger partial charge is 0.453 e. The number of amides is 1. The van der Waals surface area contributed by atoms with E-state index in [1.165, 1.54) is 13.5 Å². The number of nitrogens with one attached hydrogen (secondary N) is 1. The molecule has 0 aromatic rings. The van der Waals surface area contributed by atoms with E-state index in [1.807, 2.05) is 0 Å². The molecule has 2 atom stereocenters. The molecule has 4 heteroatoms. The first-order valence-electron chi connectivity index (χ1n) is 4.65. The second kappa shape index (κ2) is 5.07. The van der Waals surface area contributed by atoms with Crippen LogP contribution in [0.2, 0.25) is 0 Å². The Morgan fingerprint density at radius 2 is 2.00 bits per heavy atom. The Hall–Kier alpha value is -0.770. The van der Waals surface area contributed by atoms with Gasteiger partial charge in [0.05, 0.1) is 19.3 Å². The van der Waals surface area contributed by atoms with Gasteiger partial charge in [0.25, 0.3) is 0 Å². The number of hydrogen-bond donors (Lipinski definition) is 1. The molecule has 1 N–H and O–H groups in total. The maximum absolute atomic E-state index is 11.0. The zero-order valence-corrected chi connectivity index (χ0v) is 8.21. The molecule has 0 heterocycles. The minimum Gasteiger partial charge on any atom is -0.453 e. The van der Waals surface area contributed by atoms with Crippen LogP contribution in [0.4, 0.5) is 4.79 Å². The fraction of sp³-hybridized carbons (Fsp3) is 0.889. The summed E-state index contributed by atoms with van der Waals surface area (Å²) in [5, 5.41) is 2.78. The minimum absolute atomic E-state index is 0.117. The molecule has 4 nitrogen and oxygen atoms in total. The Kier molecular flexibility index (Phi) is 4.02. The van der Waals surface area contributed by atoms with Crippen LogP contribution >= 0.6 is 0 Å². The maximum atomic E-state index is 11.0. The standard InChI is InChI=1S/C9H17NO3/c1-12-8-6-4-3-5-7(8)10-9(11)13-2/h7-8H,3-6H2,1-2H3,(H,10,11)/t7-,8-/m0/s1. The molecule has 0 bridgehead atoms. The summed E-state index contributed by atoms with van der Waals surface area (Å²) < 4.78 is 9.82. The van der Waals surface area contributed by atoms with Gasteiger partial charge in [0.1, 0.15) is 0 Å². The summed E-state index contributed by atoms with van der Waals surface area (Å²) in [6.07, 6.45) is 4.10. The van der Waals surface area contributed by atoms with Crippen LogP contribution in [0.15, 0.2) is 0 Å². The number of hydrogen-bond acceptors (Lipinski definition) is 3. The van der Waals surface area contributed by atoms with Crippen LogP contribution in [-0.4, -0.2) is 32.5 Å². The van der Waals surface area contributed by atoms with Gasteiger partial charge in [0.2, 0.25) is 0 Å². The summed E-state index contributed by atoms with van der Waals surface area (Å²) in [4.78, 5) is 11.0. The van der Waals surface area contributed by atoms with Crippen LogP contribution in [0.3, 0.4) is 0 Å². The van der Waals surface area contributed by atoms with Gasteiger partial charge in [-0.15, -0.1) is 0 Å². The lowest BCUT2D eigenvalue weighted by molar-refractivity contribution is 0.0407. The van der Waals surface area contributed by atoms with E-state index in [1.54, 1.807) is 7.11 Å². The monoisotopic (exact) mass is 187 g/mol. The third kappa shape index (κ3) is 2.88. The molecule has 1 fully saturated rings. The summed E-state index contributed by atoms with van der Waals surface area (Å²) in [7, 11) is 3.06. The van der Waals surface area contributed by atoms with Gasteiger partial charge in [-0.2, -0.15) is 0 Å². The molecule has 76 valence electrons. The molecule has 1 amide bonds. The van der Waals surface area contributed by atoms with E-state index in [4.69, 9.17) is 4.74 Å². The van der Waals surface area contributed by atoms with Crippen molar-refractivity contribution in [3.63, 3.8) is 0 Å². The Labute approximate surface area is 78.6 Å². The highest BCUT2D eigenvalue weighted by Crippen LogP contribution is 2.20. The first-order chi connectivity index (χ1) is 6.27. The van der Waals surface area contributed by atoms with Crippen LogP contribution < -0.4 is 5.32 Å². The summed E-state index contributed by atoms with van der Waals surface area (Å²) >= 11 is 0. The zero-order chi connectivity index (χ0) is 9.68. The van der Waals surface area contributed by atoms with Crippen molar-refractivity contribution in [1.29, 1.82) is 0 Å². The average molecular weight is 187 g/mol. The molecule has 1 rings (SSSR count). The third-order valence-electron chi connectivity index (χ3n) is 2.49. The fourth-order valence-corrected chi connectivity index (χ4v) is 1.75. The van der Waals surface area contributed by atoms with Crippen molar-refractivity contribution in [2.24, 2.45) is 0 Å². The number of carbonyl (C=O) groups is 1. The van der Waals surface area contributed by atoms with E-state index in [-0.39, 0.29) is 18.2 Å². The van der Waals surface area contributed by atoms with Crippen LogP contribution in [0.1, 0.15) is 25.7 Å². The molecule has 0 aromatic carbocycles. The Morgan fingerprint density at radius 1 is 1.31 bits per heavy atom. The molecule has 0 aliphatic heterocycles. The second-order valence-corrected chi connectivity index (χ2v) is 3.30. The van der Waals surface area contributed by atoms with E-state index >= 15 is 0 Å². The molecule has 0 radical (unpaired) electrons. The van der Waals surface area contributed by atoms with E-state index in [0.29, 0.717) is 0 Å². The normalized spacial score (nSPS) is 28.2. The van der Waals surface area contributed by atoms with Crippen molar-refractivity contribution in [2.45, 2.75) is 37.8 Å². The highest BCUT2D eigenvalue weighted by Gasteiger charge is 2.26. The third-order valence-corrected chi connectivity index (χ3v) is 2.49. The number of ether oxygens (including phenoxy) is 2. The van der Waals surface area contributed by atoms with Crippen molar-refractivity contribution in [1.82, 2.24) is 5.32 Å². The average Bonchev–Trinajstić information content (AvgIpc) is 2.18. The Morgan fingerprint density at radius 3 is 2.62 bits per heavy atom. The van der Waals surface area contributed by atoms with Crippen LogP contribution in [0.25, 0.3) is 0 Å². The minimum atomic E-state index is -0.367. The van der Waals surface area contributed by atoms with Gasteiger partial charge < -0.3 is 14.8 Å². The first-order valence-corrected chi connectivity index (χ1v) is 4.65. The lowest BCUT2D eigenvalue weighted by atomic mass is 9.92. The van der Waals surface area contributed by atoms with Crippen molar-refractivity contribution >= 4 is 6.09 Å². The highest BCUT2D eigenvalue weighted by atomic mass is 16.5. The number of methoxy groups -OCH3 is 2. The first kappa shape index (κ1) is 10.3. The predicted molar refractivity (Wildman–Crippen MR) is 48.6 cm³/mol. The van der Waals surface area contributed by atoms with Gasteiger partial charge in [0.15, 0.2) is 0 Å². The fourth-order valence-electron chi connectivity index (χ4n) is 1.75. The molecule has 13 heavy (non-hydrogen) atoms. The number of carbonyl (C=O) groups excluding carboxylic acids is 1. The molecule has 1 aliphatic carbocycles. The number of rotatable bonds is 2. The molecule has 1 aliphatic rings. The van der Waals surface area contributed by atoms with Gasteiger partial charge in [-0.05, 0) is 12.8 Å². The van der Waals surface area contributed by atoms with Crippen LogP contribution in [-0.2, 0) is 9.47 Å². The van der Waals surface area contributed by atoms with Gasteiger partial charge in [-0.25, -0.2) is 4.79 Å². The van der Waals surface area contributed by atoms with Gasteiger partial charge >= 0.3 is 6.09 Å². The molecule has 0 saturated heterocycles. The highest BCUT2D eigenvalue weighted by molar-refractivity contribution is 5.67. The van der Waals surface area contributed by atoms with E-state index in [0.717, 1.165) is 19.3 Å². The molecule has 0 spiro atoms. The predicted octanol–water partition coefficient (Wildman–Crippen LogP) is 1.30. The molecular formula is C9H17NO3. The van der Waals surface area contributed by atoms with Gasteiger partial charge in [-0.1, -0.05) is 12.8 Å². The topological polar surface area (TPSA) is 47.6 Å². The smallest absolute Gasteiger partial charge is 0.407 e.